The fourth-order valence-electron chi connectivity index (χ4n) is 3.43. The molecule has 0 saturated heterocycles. The first-order valence-corrected chi connectivity index (χ1v) is 9.56. The number of rotatable bonds is 13. The summed E-state index contributed by atoms with van der Waals surface area (Å²) in [4.78, 5) is 22.2. The van der Waals surface area contributed by atoms with E-state index in [9.17, 15) is 9.59 Å². The van der Waals surface area contributed by atoms with E-state index in [1.165, 1.54) is 50.5 Å². The molecule has 23 heavy (non-hydrogen) atoms. The number of hydrogen-bond acceptors (Lipinski definition) is 2. The Labute approximate surface area is 141 Å². The van der Waals surface area contributed by atoms with Crippen LogP contribution in [-0.2, 0) is 9.59 Å². The lowest BCUT2D eigenvalue weighted by molar-refractivity contribution is -0.137. The zero-order valence-corrected chi connectivity index (χ0v) is 14.8. The average Bonchev–Trinajstić information content (AvgIpc) is 2.86. The van der Waals surface area contributed by atoms with E-state index in [0.717, 1.165) is 32.1 Å². The highest BCUT2D eigenvalue weighted by Crippen LogP contribution is 2.33. The molecule has 0 aromatic rings. The van der Waals surface area contributed by atoms with Gasteiger partial charge in [0.15, 0.2) is 0 Å². The third-order valence-electron chi connectivity index (χ3n) is 4.81. The van der Waals surface area contributed by atoms with Gasteiger partial charge in [-0.15, -0.1) is 0 Å². The Morgan fingerprint density at radius 1 is 1.09 bits per heavy atom. The summed E-state index contributed by atoms with van der Waals surface area (Å²) >= 11 is 0. The molecule has 0 aliphatic heterocycles. The first-order chi connectivity index (χ1) is 11.1. The summed E-state index contributed by atoms with van der Waals surface area (Å²) in [5.74, 6) is 0.189. The Morgan fingerprint density at radius 3 is 2.52 bits per heavy atom. The smallest absolute Gasteiger partial charge is 0.303 e. The monoisotopic (exact) mass is 322 g/mol. The summed E-state index contributed by atoms with van der Waals surface area (Å²) in [7, 11) is 0. The summed E-state index contributed by atoms with van der Waals surface area (Å²) in [5, 5.41) is 8.61. The van der Waals surface area contributed by atoms with Crippen LogP contribution >= 0.6 is 0 Å². The van der Waals surface area contributed by atoms with Crippen LogP contribution in [0.25, 0.3) is 0 Å². The summed E-state index contributed by atoms with van der Waals surface area (Å²) in [6, 6.07) is 0. The Morgan fingerprint density at radius 2 is 1.78 bits per heavy atom. The van der Waals surface area contributed by atoms with Crippen molar-refractivity contribution in [2.45, 2.75) is 96.8 Å². The van der Waals surface area contributed by atoms with Crippen LogP contribution in [0.1, 0.15) is 96.8 Å². The fourth-order valence-corrected chi connectivity index (χ4v) is 3.43. The number of carbonyl (C=O) groups excluding carboxylic acids is 1. The van der Waals surface area contributed by atoms with E-state index in [0.29, 0.717) is 18.1 Å². The second-order valence-corrected chi connectivity index (χ2v) is 6.95. The molecule has 3 heteroatoms. The fraction of sp³-hybridized carbons (Fsp3) is 0.800. The van der Waals surface area contributed by atoms with Gasteiger partial charge in [-0.05, 0) is 31.6 Å². The van der Waals surface area contributed by atoms with Gasteiger partial charge >= 0.3 is 5.97 Å². The number of carbonyl (C=O) groups is 2. The van der Waals surface area contributed by atoms with Crippen LogP contribution in [0.2, 0.25) is 0 Å². The Hall–Kier alpha value is -1.12. The van der Waals surface area contributed by atoms with Gasteiger partial charge in [-0.1, -0.05) is 63.5 Å². The molecule has 0 spiro atoms. The van der Waals surface area contributed by atoms with Crippen molar-refractivity contribution in [3.8, 4) is 0 Å². The topological polar surface area (TPSA) is 54.4 Å². The number of allylic oxidation sites excluding steroid dienone is 2. The molecule has 0 amide bonds. The third kappa shape index (κ3) is 9.58. The van der Waals surface area contributed by atoms with Gasteiger partial charge in [0.2, 0.25) is 0 Å². The van der Waals surface area contributed by atoms with Gasteiger partial charge < -0.3 is 5.11 Å². The van der Waals surface area contributed by atoms with Crippen molar-refractivity contribution in [2.75, 3.05) is 0 Å². The minimum absolute atomic E-state index is 0.274. The van der Waals surface area contributed by atoms with Crippen molar-refractivity contribution in [3.63, 3.8) is 0 Å². The van der Waals surface area contributed by atoms with Gasteiger partial charge in [0.05, 0.1) is 0 Å². The first kappa shape index (κ1) is 19.9. The molecule has 132 valence electrons. The molecule has 0 aromatic carbocycles. The number of carboxylic acid groups (broad SMARTS) is 1. The molecule has 0 radical (unpaired) electrons. The lowest BCUT2D eigenvalue weighted by Crippen LogP contribution is -1.98. The maximum Gasteiger partial charge on any atom is 0.303 e. The van der Waals surface area contributed by atoms with Crippen molar-refractivity contribution in [1.29, 1.82) is 0 Å². The molecule has 0 aromatic heterocycles. The quantitative estimate of drug-likeness (QED) is 0.351. The summed E-state index contributed by atoms with van der Waals surface area (Å²) in [6.07, 6.45) is 16.7. The van der Waals surface area contributed by atoms with Gasteiger partial charge in [-0.3, -0.25) is 9.59 Å². The molecule has 0 bridgehead atoms. The van der Waals surface area contributed by atoms with Gasteiger partial charge in [0, 0.05) is 19.3 Å². The molecule has 1 unspecified atom stereocenters. The highest BCUT2D eigenvalue weighted by Gasteiger charge is 2.26. The average molecular weight is 322 g/mol. The maximum atomic E-state index is 11.7. The van der Waals surface area contributed by atoms with Crippen LogP contribution in [0, 0.1) is 5.92 Å². The number of aliphatic carboxylic acids is 1. The second-order valence-electron chi connectivity index (χ2n) is 6.95. The summed E-state index contributed by atoms with van der Waals surface area (Å²) in [5.41, 5.74) is 1.36. The normalized spacial score (nSPS) is 19.6. The molecule has 1 rings (SSSR count). The number of ketones is 1. The van der Waals surface area contributed by atoms with E-state index >= 15 is 0 Å². The molecular weight excluding hydrogens is 288 g/mol. The number of carboxylic acids is 1. The number of hydrogen-bond donors (Lipinski definition) is 1. The summed E-state index contributed by atoms with van der Waals surface area (Å²) < 4.78 is 0. The SMILES string of the molecule is CCCCCCCCC1CC(=O)C/C1=C\CCCCCC(=O)O. The molecule has 1 saturated carbocycles. The van der Waals surface area contributed by atoms with Crippen molar-refractivity contribution in [1.82, 2.24) is 0 Å². The van der Waals surface area contributed by atoms with Crippen LogP contribution in [-0.4, -0.2) is 16.9 Å². The first-order valence-electron chi connectivity index (χ1n) is 9.56. The molecule has 0 heterocycles. The van der Waals surface area contributed by atoms with E-state index < -0.39 is 5.97 Å². The van der Waals surface area contributed by atoms with Crippen LogP contribution in [0.3, 0.4) is 0 Å². The standard InChI is InChI=1S/C20H34O3/c1-2-3-4-5-6-9-12-17-15-19(21)16-18(17)13-10-7-8-11-14-20(22)23/h13,17H,2-12,14-16H2,1H3,(H,22,23)/b18-13+. The van der Waals surface area contributed by atoms with Crippen LogP contribution in [0.15, 0.2) is 11.6 Å². The van der Waals surface area contributed by atoms with E-state index in [-0.39, 0.29) is 6.42 Å². The maximum absolute atomic E-state index is 11.7. The van der Waals surface area contributed by atoms with Crippen LogP contribution in [0.5, 0.6) is 0 Å². The van der Waals surface area contributed by atoms with Gasteiger partial charge in [0.1, 0.15) is 5.78 Å². The molecule has 1 aliphatic carbocycles. The Bertz CT molecular complexity index is 384. The van der Waals surface area contributed by atoms with E-state index in [2.05, 4.69) is 13.0 Å². The minimum atomic E-state index is -0.705. The lowest BCUT2D eigenvalue weighted by atomic mass is 9.94. The van der Waals surface area contributed by atoms with E-state index in [4.69, 9.17) is 5.11 Å². The predicted molar refractivity (Wildman–Crippen MR) is 94.5 cm³/mol. The Kier molecular flexibility index (Phi) is 10.7. The predicted octanol–water partition coefficient (Wildman–Crippen LogP) is 5.68. The second kappa shape index (κ2) is 12.3. The van der Waals surface area contributed by atoms with Crippen molar-refractivity contribution < 1.29 is 14.7 Å². The largest absolute Gasteiger partial charge is 0.481 e. The highest BCUT2D eigenvalue weighted by molar-refractivity contribution is 5.84. The zero-order chi connectivity index (χ0) is 16.9. The third-order valence-corrected chi connectivity index (χ3v) is 4.81. The van der Waals surface area contributed by atoms with Gasteiger partial charge in [0.25, 0.3) is 0 Å². The number of Topliss-reactive ketones (excluding diaryl/α,β-unsaturated/α-hetero) is 1. The van der Waals surface area contributed by atoms with E-state index in [1.807, 2.05) is 0 Å². The molecule has 1 atom stereocenters. The summed E-state index contributed by atoms with van der Waals surface area (Å²) in [6.45, 7) is 2.24. The van der Waals surface area contributed by atoms with Gasteiger partial charge in [-0.2, -0.15) is 0 Å². The van der Waals surface area contributed by atoms with Crippen molar-refractivity contribution >= 4 is 11.8 Å². The van der Waals surface area contributed by atoms with Crippen LogP contribution < -0.4 is 0 Å². The molecular formula is C20H34O3. The minimum Gasteiger partial charge on any atom is -0.481 e. The molecule has 1 N–H and O–H groups in total. The Balaban J connectivity index is 2.19. The van der Waals surface area contributed by atoms with Crippen molar-refractivity contribution in [2.24, 2.45) is 5.92 Å². The van der Waals surface area contributed by atoms with Gasteiger partial charge in [-0.25, -0.2) is 0 Å². The molecule has 3 nitrogen and oxygen atoms in total. The highest BCUT2D eigenvalue weighted by atomic mass is 16.4. The molecule has 1 fully saturated rings. The number of unbranched alkanes of at least 4 members (excludes halogenated alkanes) is 8. The lowest BCUT2D eigenvalue weighted by Gasteiger charge is -2.11. The van der Waals surface area contributed by atoms with Crippen molar-refractivity contribution in [3.05, 3.63) is 11.6 Å². The van der Waals surface area contributed by atoms with Crippen LogP contribution in [0.4, 0.5) is 0 Å². The molecule has 1 aliphatic rings. The zero-order valence-electron chi connectivity index (χ0n) is 14.8. The van der Waals surface area contributed by atoms with E-state index in [1.54, 1.807) is 0 Å².